The molecule has 2 amide bonds. The number of hydrogen-bond acceptors (Lipinski definition) is 3. The molecule has 0 aliphatic carbocycles. The molecule has 1 aliphatic heterocycles. The number of piperazine rings is 1. The second kappa shape index (κ2) is 8.49. The summed E-state index contributed by atoms with van der Waals surface area (Å²) in [6.07, 6.45) is 0. The summed E-state index contributed by atoms with van der Waals surface area (Å²) < 4.78 is 0. The summed E-state index contributed by atoms with van der Waals surface area (Å²) in [5, 5.41) is 3.67. The van der Waals surface area contributed by atoms with Gasteiger partial charge in [-0.2, -0.15) is 0 Å². The predicted octanol–water partition coefficient (Wildman–Crippen LogP) is 2.32. The van der Waals surface area contributed by atoms with Crippen LogP contribution in [0.3, 0.4) is 0 Å². The van der Waals surface area contributed by atoms with Gasteiger partial charge in [0.25, 0.3) is 0 Å². The van der Waals surface area contributed by atoms with Gasteiger partial charge < -0.3 is 10.2 Å². The Hall–Kier alpha value is -1.59. The first-order valence-corrected chi connectivity index (χ1v) is 8.80. The first-order chi connectivity index (χ1) is 11.4. The number of hydrogen-bond donors (Lipinski definition) is 1. The van der Waals surface area contributed by atoms with Crippen molar-refractivity contribution in [1.29, 1.82) is 0 Å². The highest BCUT2D eigenvalue weighted by molar-refractivity contribution is 6.30. The molecule has 0 spiro atoms. The van der Waals surface area contributed by atoms with Crippen LogP contribution in [-0.2, 0) is 9.59 Å². The first kappa shape index (κ1) is 18.7. The van der Waals surface area contributed by atoms with Crippen LogP contribution in [0.1, 0.15) is 32.4 Å². The fourth-order valence-corrected chi connectivity index (χ4v) is 3.04. The zero-order valence-corrected chi connectivity index (χ0v) is 15.3. The lowest BCUT2D eigenvalue weighted by Gasteiger charge is -2.35. The summed E-state index contributed by atoms with van der Waals surface area (Å²) in [5.41, 5.74) is 0.989. The summed E-state index contributed by atoms with van der Waals surface area (Å²) in [6.45, 7) is 8.98. The fraction of sp³-hybridized carbons (Fsp3) is 0.556. The Kier molecular flexibility index (Phi) is 6.63. The van der Waals surface area contributed by atoms with Crippen molar-refractivity contribution in [3.63, 3.8) is 0 Å². The molecule has 132 valence electrons. The van der Waals surface area contributed by atoms with Gasteiger partial charge in [-0.1, -0.05) is 37.6 Å². The number of benzene rings is 1. The molecule has 1 fully saturated rings. The molecule has 0 saturated carbocycles. The van der Waals surface area contributed by atoms with Crippen LogP contribution in [0.2, 0.25) is 5.02 Å². The van der Waals surface area contributed by atoms with Gasteiger partial charge >= 0.3 is 0 Å². The van der Waals surface area contributed by atoms with Crippen LogP contribution in [0.25, 0.3) is 0 Å². The van der Waals surface area contributed by atoms with Gasteiger partial charge in [-0.25, -0.2) is 0 Å². The molecule has 2 rings (SSSR count). The maximum absolute atomic E-state index is 12.2. The van der Waals surface area contributed by atoms with E-state index >= 15 is 0 Å². The first-order valence-electron chi connectivity index (χ1n) is 8.42. The average molecular weight is 352 g/mol. The summed E-state index contributed by atoms with van der Waals surface area (Å²) in [7, 11) is 0. The predicted molar refractivity (Wildman–Crippen MR) is 95.9 cm³/mol. The molecule has 0 aromatic heterocycles. The largest absolute Gasteiger partial charge is 0.348 e. The smallest absolute Gasteiger partial charge is 0.234 e. The SMILES string of the molecule is CC(C)C(=O)N1CCN(CC(=O)NC(C)c2cccc(Cl)c2)CC1. The highest BCUT2D eigenvalue weighted by atomic mass is 35.5. The van der Waals surface area contributed by atoms with E-state index in [-0.39, 0.29) is 23.8 Å². The average Bonchev–Trinajstić information content (AvgIpc) is 2.54. The van der Waals surface area contributed by atoms with Crippen LogP contribution in [0.5, 0.6) is 0 Å². The molecule has 1 atom stereocenters. The Balaban J connectivity index is 1.78. The van der Waals surface area contributed by atoms with Crippen LogP contribution < -0.4 is 5.32 Å². The minimum Gasteiger partial charge on any atom is -0.348 e. The van der Waals surface area contributed by atoms with Gasteiger partial charge in [0.1, 0.15) is 0 Å². The maximum atomic E-state index is 12.2. The number of halogens is 1. The zero-order chi connectivity index (χ0) is 17.7. The lowest BCUT2D eigenvalue weighted by atomic mass is 10.1. The van der Waals surface area contributed by atoms with Crippen LogP contribution in [0.15, 0.2) is 24.3 Å². The molecule has 1 unspecified atom stereocenters. The number of nitrogens with zero attached hydrogens (tertiary/aromatic N) is 2. The maximum Gasteiger partial charge on any atom is 0.234 e. The number of carbonyl (C=O) groups excluding carboxylic acids is 2. The van der Waals surface area contributed by atoms with Crippen molar-refractivity contribution < 1.29 is 9.59 Å². The molecular formula is C18H26ClN3O2. The molecule has 6 heteroatoms. The van der Waals surface area contributed by atoms with Crippen molar-refractivity contribution in [2.75, 3.05) is 32.7 Å². The topological polar surface area (TPSA) is 52.7 Å². The number of carbonyl (C=O) groups is 2. The van der Waals surface area contributed by atoms with E-state index in [0.29, 0.717) is 24.7 Å². The summed E-state index contributed by atoms with van der Waals surface area (Å²) >= 11 is 5.99. The van der Waals surface area contributed by atoms with E-state index < -0.39 is 0 Å². The highest BCUT2D eigenvalue weighted by Crippen LogP contribution is 2.17. The second-order valence-corrected chi connectivity index (χ2v) is 7.04. The Labute approximate surface area is 149 Å². The molecule has 5 nitrogen and oxygen atoms in total. The molecule has 1 N–H and O–H groups in total. The molecule has 1 saturated heterocycles. The normalized spacial score (nSPS) is 17.0. The summed E-state index contributed by atoms with van der Waals surface area (Å²) in [4.78, 5) is 28.2. The molecule has 0 bridgehead atoms. The van der Waals surface area contributed by atoms with Crippen LogP contribution in [0, 0.1) is 5.92 Å². The Morgan fingerprint density at radius 3 is 2.42 bits per heavy atom. The molecule has 24 heavy (non-hydrogen) atoms. The second-order valence-electron chi connectivity index (χ2n) is 6.60. The molecule has 0 radical (unpaired) electrons. The molecule has 1 heterocycles. The summed E-state index contributed by atoms with van der Waals surface area (Å²) in [6, 6.07) is 7.43. The molecular weight excluding hydrogens is 326 g/mol. The van der Waals surface area contributed by atoms with Crippen LogP contribution >= 0.6 is 11.6 Å². The minimum absolute atomic E-state index is 0.00823. The van der Waals surface area contributed by atoms with Gasteiger partial charge in [0, 0.05) is 37.1 Å². The van der Waals surface area contributed by atoms with Crippen molar-refractivity contribution in [1.82, 2.24) is 15.1 Å². The van der Waals surface area contributed by atoms with E-state index in [1.807, 2.05) is 49.9 Å². The molecule has 1 aromatic rings. The lowest BCUT2D eigenvalue weighted by Crippen LogP contribution is -2.52. The van der Waals surface area contributed by atoms with Crippen molar-refractivity contribution >= 4 is 23.4 Å². The third-order valence-electron chi connectivity index (χ3n) is 4.27. The van der Waals surface area contributed by atoms with Crippen molar-refractivity contribution in [3.8, 4) is 0 Å². The fourth-order valence-electron chi connectivity index (χ4n) is 2.84. The monoisotopic (exact) mass is 351 g/mol. The van der Waals surface area contributed by atoms with E-state index in [1.165, 1.54) is 0 Å². The highest BCUT2D eigenvalue weighted by Gasteiger charge is 2.24. The van der Waals surface area contributed by atoms with E-state index in [1.54, 1.807) is 0 Å². The third kappa shape index (κ3) is 5.21. The quantitative estimate of drug-likeness (QED) is 0.885. The molecule has 1 aliphatic rings. The number of nitrogens with one attached hydrogen (secondary N) is 1. The Morgan fingerprint density at radius 2 is 1.83 bits per heavy atom. The minimum atomic E-state index is -0.0833. The van der Waals surface area contributed by atoms with Gasteiger partial charge in [-0.15, -0.1) is 0 Å². The van der Waals surface area contributed by atoms with E-state index in [4.69, 9.17) is 11.6 Å². The zero-order valence-electron chi connectivity index (χ0n) is 14.6. The van der Waals surface area contributed by atoms with Crippen LogP contribution in [0.4, 0.5) is 0 Å². The van der Waals surface area contributed by atoms with Crippen molar-refractivity contribution in [2.24, 2.45) is 5.92 Å². The molecule has 1 aromatic carbocycles. The van der Waals surface area contributed by atoms with Crippen LogP contribution in [-0.4, -0.2) is 54.3 Å². The summed E-state index contributed by atoms with van der Waals surface area (Å²) in [5.74, 6) is 0.207. The standard InChI is InChI=1S/C18H26ClN3O2/c1-13(2)18(24)22-9-7-21(8-10-22)12-17(23)20-14(3)15-5-4-6-16(19)11-15/h4-6,11,13-14H,7-10,12H2,1-3H3,(H,20,23). The van der Waals surface area contributed by atoms with Gasteiger partial charge in [0.05, 0.1) is 12.6 Å². The van der Waals surface area contributed by atoms with Gasteiger partial charge in [0.2, 0.25) is 11.8 Å². The number of rotatable bonds is 5. The third-order valence-corrected chi connectivity index (χ3v) is 4.51. The Bertz CT molecular complexity index is 583. The Morgan fingerprint density at radius 1 is 1.17 bits per heavy atom. The van der Waals surface area contributed by atoms with Crippen molar-refractivity contribution in [3.05, 3.63) is 34.9 Å². The number of amides is 2. The van der Waals surface area contributed by atoms with Gasteiger partial charge in [-0.3, -0.25) is 14.5 Å². The lowest BCUT2D eigenvalue weighted by molar-refractivity contribution is -0.136. The van der Waals surface area contributed by atoms with Crippen molar-refractivity contribution in [2.45, 2.75) is 26.8 Å². The van der Waals surface area contributed by atoms with E-state index in [9.17, 15) is 9.59 Å². The van der Waals surface area contributed by atoms with E-state index in [2.05, 4.69) is 10.2 Å². The van der Waals surface area contributed by atoms with Gasteiger partial charge in [0.15, 0.2) is 0 Å². The van der Waals surface area contributed by atoms with E-state index in [0.717, 1.165) is 18.7 Å². The van der Waals surface area contributed by atoms with Gasteiger partial charge in [-0.05, 0) is 24.6 Å².